The van der Waals surface area contributed by atoms with Crippen LogP contribution in [0.3, 0.4) is 0 Å². The van der Waals surface area contributed by atoms with Gasteiger partial charge in [0.15, 0.2) is 5.58 Å². The van der Waals surface area contributed by atoms with Crippen molar-refractivity contribution >= 4 is 16.8 Å². The van der Waals surface area contributed by atoms with E-state index in [2.05, 4.69) is 23.0 Å². The van der Waals surface area contributed by atoms with Crippen LogP contribution in [0.25, 0.3) is 22.6 Å². The van der Waals surface area contributed by atoms with E-state index in [1.807, 2.05) is 12.1 Å². The van der Waals surface area contributed by atoms with E-state index in [4.69, 9.17) is 10.2 Å². The summed E-state index contributed by atoms with van der Waals surface area (Å²) in [6.45, 7) is 2.12. The molecule has 0 spiro atoms. The average molecular weight is 239 g/mol. The molecule has 1 aromatic carbocycles. The van der Waals surface area contributed by atoms with Gasteiger partial charge in [-0.1, -0.05) is 13.0 Å². The highest BCUT2D eigenvalue weighted by molar-refractivity contribution is 5.77. The molecule has 0 bridgehead atoms. The molecule has 18 heavy (non-hydrogen) atoms. The molecule has 0 saturated carbocycles. The van der Waals surface area contributed by atoms with Crippen LogP contribution in [0.1, 0.15) is 12.5 Å². The average Bonchev–Trinajstić information content (AvgIpc) is 2.81. The highest BCUT2D eigenvalue weighted by Gasteiger charge is 2.09. The molecule has 2 N–H and O–H groups in total. The predicted molar refractivity (Wildman–Crippen MR) is 71.0 cm³/mol. The molecule has 3 rings (SSSR count). The summed E-state index contributed by atoms with van der Waals surface area (Å²) in [5, 5.41) is 0. The van der Waals surface area contributed by atoms with Crippen LogP contribution in [-0.2, 0) is 6.42 Å². The first-order valence-electron chi connectivity index (χ1n) is 5.86. The molecule has 90 valence electrons. The number of aryl methyl sites for hydroxylation is 1. The second-order valence-corrected chi connectivity index (χ2v) is 4.18. The van der Waals surface area contributed by atoms with Crippen LogP contribution in [-0.4, -0.2) is 9.97 Å². The van der Waals surface area contributed by atoms with E-state index in [9.17, 15) is 0 Å². The number of benzene rings is 1. The van der Waals surface area contributed by atoms with Gasteiger partial charge in [0, 0.05) is 12.4 Å². The van der Waals surface area contributed by atoms with E-state index in [1.54, 1.807) is 18.5 Å². The first-order valence-corrected chi connectivity index (χ1v) is 5.86. The topological polar surface area (TPSA) is 64.9 Å². The molecular weight excluding hydrogens is 226 g/mol. The molecule has 0 aliphatic heterocycles. The Labute approximate surface area is 104 Å². The van der Waals surface area contributed by atoms with Crippen LogP contribution in [0.4, 0.5) is 5.69 Å². The minimum atomic E-state index is 0.554. The number of hydrogen-bond donors (Lipinski definition) is 1. The normalized spacial score (nSPS) is 10.9. The lowest BCUT2D eigenvalue weighted by atomic mass is 10.1. The van der Waals surface area contributed by atoms with E-state index < -0.39 is 0 Å². The number of nitrogen functional groups attached to an aromatic ring is 1. The van der Waals surface area contributed by atoms with Crippen molar-refractivity contribution in [3.05, 3.63) is 42.2 Å². The van der Waals surface area contributed by atoms with E-state index in [1.165, 1.54) is 5.56 Å². The number of aromatic nitrogens is 2. The van der Waals surface area contributed by atoms with Crippen molar-refractivity contribution in [2.75, 3.05) is 5.73 Å². The lowest BCUT2D eigenvalue weighted by Crippen LogP contribution is -1.87. The van der Waals surface area contributed by atoms with Crippen molar-refractivity contribution in [2.45, 2.75) is 13.3 Å². The smallest absolute Gasteiger partial charge is 0.228 e. The third-order valence-corrected chi connectivity index (χ3v) is 2.87. The zero-order valence-corrected chi connectivity index (χ0v) is 10.1. The Morgan fingerprint density at radius 1 is 1.22 bits per heavy atom. The summed E-state index contributed by atoms with van der Waals surface area (Å²) in [6.07, 6.45) is 4.28. The summed E-state index contributed by atoms with van der Waals surface area (Å²) in [5.74, 6) is 0.554. The number of nitrogens with zero attached hydrogens (tertiary/aromatic N) is 2. The molecule has 2 aromatic heterocycles. The van der Waals surface area contributed by atoms with Gasteiger partial charge in [-0.05, 0) is 30.2 Å². The van der Waals surface area contributed by atoms with Gasteiger partial charge in [0.25, 0.3) is 0 Å². The van der Waals surface area contributed by atoms with Gasteiger partial charge in [-0.3, -0.25) is 4.98 Å². The molecular formula is C14H13N3O. The van der Waals surface area contributed by atoms with E-state index in [0.717, 1.165) is 23.1 Å². The maximum Gasteiger partial charge on any atom is 0.228 e. The highest BCUT2D eigenvalue weighted by Crippen LogP contribution is 2.25. The number of hydrogen-bond acceptors (Lipinski definition) is 4. The summed E-state index contributed by atoms with van der Waals surface area (Å²) < 4.78 is 5.70. The lowest BCUT2D eigenvalue weighted by molar-refractivity contribution is 0.619. The fourth-order valence-corrected chi connectivity index (χ4v) is 1.89. The maximum atomic E-state index is 5.70. The van der Waals surface area contributed by atoms with Gasteiger partial charge in [-0.2, -0.15) is 0 Å². The minimum Gasteiger partial charge on any atom is -0.436 e. The molecule has 0 aliphatic rings. The number of rotatable bonds is 2. The fraction of sp³-hybridized carbons (Fsp3) is 0.143. The molecule has 3 aromatic rings. The fourth-order valence-electron chi connectivity index (χ4n) is 1.89. The molecule has 0 radical (unpaired) electrons. The minimum absolute atomic E-state index is 0.554. The number of pyridine rings is 1. The Morgan fingerprint density at radius 3 is 2.89 bits per heavy atom. The molecule has 2 heterocycles. The van der Waals surface area contributed by atoms with Crippen LogP contribution in [0.15, 0.2) is 41.1 Å². The second kappa shape index (κ2) is 4.14. The van der Waals surface area contributed by atoms with Crippen LogP contribution in [0, 0.1) is 0 Å². The van der Waals surface area contributed by atoms with Crippen LogP contribution >= 0.6 is 0 Å². The quantitative estimate of drug-likeness (QED) is 0.746. The zero-order chi connectivity index (χ0) is 12.5. The monoisotopic (exact) mass is 239 g/mol. The van der Waals surface area contributed by atoms with Crippen LogP contribution < -0.4 is 5.73 Å². The van der Waals surface area contributed by atoms with Gasteiger partial charge >= 0.3 is 0 Å². The summed E-state index contributed by atoms with van der Waals surface area (Å²) in [5.41, 5.74) is 9.99. The van der Waals surface area contributed by atoms with Crippen molar-refractivity contribution in [3.8, 4) is 11.5 Å². The Bertz CT molecular complexity index is 703. The van der Waals surface area contributed by atoms with Gasteiger partial charge in [-0.15, -0.1) is 0 Å². The summed E-state index contributed by atoms with van der Waals surface area (Å²) in [7, 11) is 0. The highest BCUT2D eigenvalue weighted by atomic mass is 16.3. The zero-order valence-electron chi connectivity index (χ0n) is 10.1. The van der Waals surface area contributed by atoms with E-state index in [-0.39, 0.29) is 0 Å². The summed E-state index contributed by atoms with van der Waals surface area (Å²) in [4.78, 5) is 8.51. The molecule has 0 aliphatic carbocycles. The van der Waals surface area contributed by atoms with Crippen molar-refractivity contribution in [2.24, 2.45) is 0 Å². The molecule has 0 atom stereocenters. The van der Waals surface area contributed by atoms with Gasteiger partial charge < -0.3 is 10.2 Å². The van der Waals surface area contributed by atoms with Crippen LogP contribution in [0.5, 0.6) is 0 Å². The third-order valence-electron chi connectivity index (χ3n) is 2.87. The second-order valence-electron chi connectivity index (χ2n) is 4.18. The third kappa shape index (κ3) is 1.82. The Balaban J connectivity index is 2.13. The number of anilines is 1. The Morgan fingerprint density at radius 2 is 2.11 bits per heavy atom. The number of nitrogens with two attached hydrogens (primary N) is 1. The summed E-state index contributed by atoms with van der Waals surface area (Å²) >= 11 is 0. The number of oxazole rings is 1. The van der Waals surface area contributed by atoms with Gasteiger partial charge in [0.1, 0.15) is 5.52 Å². The van der Waals surface area contributed by atoms with Gasteiger partial charge in [0.2, 0.25) is 5.89 Å². The molecule has 4 heteroatoms. The van der Waals surface area contributed by atoms with Crippen LogP contribution in [0.2, 0.25) is 0 Å². The van der Waals surface area contributed by atoms with Gasteiger partial charge in [-0.25, -0.2) is 4.98 Å². The molecule has 0 amide bonds. The van der Waals surface area contributed by atoms with E-state index >= 15 is 0 Å². The van der Waals surface area contributed by atoms with E-state index in [0.29, 0.717) is 11.6 Å². The molecule has 0 fully saturated rings. The van der Waals surface area contributed by atoms with Crippen molar-refractivity contribution in [1.82, 2.24) is 9.97 Å². The Kier molecular flexibility index (Phi) is 2.48. The van der Waals surface area contributed by atoms with Crippen molar-refractivity contribution < 1.29 is 4.42 Å². The molecule has 0 unspecified atom stereocenters. The Hall–Kier alpha value is -2.36. The largest absolute Gasteiger partial charge is 0.436 e. The summed E-state index contributed by atoms with van der Waals surface area (Å²) in [6, 6.07) is 7.85. The predicted octanol–water partition coefficient (Wildman–Crippen LogP) is 3.03. The van der Waals surface area contributed by atoms with Crippen molar-refractivity contribution in [3.63, 3.8) is 0 Å². The maximum absolute atomic E-state index is 5.70. The molecule has 0 saturated heterocycles. The van der Waals surface area contributed by atoms with Crippen molar-refractivity contribution in [1.29, 1.82) is 0 Å². The van der Waals surface area contributed by atoms with Gasteiger partial charge in [0.05, 0.1) is 11.3 Å². The first kappa shape index (κ1) is 10.8. The molecule has 4 nitrogen and oxygen atoms in total. The SMILES string of the molecule is CCc1ccc2oc(-c3cncc(N)c3)nc2c1. The number of fused-ring (bicyclic) bond motifs is 1. The standard InChI is InChI=1S/C14H13N3O/c1-2-9-3-4-13-12(5-9)17-14(18-13)10-6-11(15)8-16-7-10/h3-8H,2,15H2,1H3. The lowest BCUT2D eigenvalue weighted by Gasteiger charge is -1.95. The first-order chi connectivity index (χ1) is 8.76.